The van der Waals surface area contributed by atoms with Gasteiger partial charge in [-0.25, -0.2) is 14.0 Å². The van der Waals surface area contributed by atoms with Crippen molar-refractivity contribution in [2.24, 2.45) is 7.05 Å². The van der Waals surface area contributed by atoms with Crippen LogP contribution in [0.2, 0.25) is 0 Å². The average Bonchev–Trinajstić information content (AvgIpc) is 2.70. The summed E-state index contributed by atoms with van der Waals surface area (Å²) >= 11 is 0. The SMILES string of the molecule is COc1cc(-n2c(=O)[nH]cc(C(C)=O)c2=O)nn1C. The molecule has 2 rings (SSSR count). The third-order valence-corrected chi connectivity index (χ3v) is 2.62. The molecule has 0 saturated heterocycles. The van der Waals surface area contributed by atoms with Crippen molar-refractivity contribution >= 4 is 5.78 Å². The minimum Gasteiger partial charge on any atom is -0.481 e. The summed E-state index contributed by atoms with van der Waals surface area (Å²) in [6.07, 6.45) is 1.10. The van der Waals surface area contributed by atoms with Crippen LogP contribution < -0.4 is 16.0 Å². The van der Waals surface area contributed by atoms with Gasteiger partial charge >= 0.3 is 5.69 Å². The Labute approximate surface area is 107 Å². The zero-order valence-electron chi connectivity index (χ0n) is 10.6. The van der Waals surface area contributed by atoms with E-state index in [1.54, 1.807) is 7.05 Å². The van der Waals surface area contributed by atoms with Gasteiger partial charge < -0.3 is 9.72 Å². The Morgan fingerprint density at radius 3 is 2.63 bits per heavy atom. The van der Waals surface area contributed by atoms with Crippen molar-refractivity contribution in [3.8, 4) is 11.7 Å². The Kier molecular flexibility index (Phi) is 3.07. The van der Waals surface area contributed by atoms with Gasteiger partial charge in [0, 0.05) is 19.3 Å². The molecule has 1 N–H and O–H groups in total. The van der Waals surface area contributed by atoms with E-state index in [9.17, 15) is 14.4 Å². The lowest BCUT2D eigenvalue weighted by Crippen LogP contribution is -2.36. The molecule has 0 aliphatic carbocycles. The molecule has 100 valence electrons. The fraction of sp³-hybridized carbons (Fsp3) is 0.273. The predicted octanol–water partition coefficient (Wildman–Crippen LogP) is -0.529. The van der Waals surface area contributed by atoms with E-state index in [0.717, 1.165) is 10.8 Å². The number of nitrogens with one attached hydrogen (secondary N) is 1. The Morgan fingerprint density at radius 2 is 2.11 bits per heavy atom. The number of aryl methyl sites for hydroxylation is 1. The molecule has 0 aliphatic rings. The minimum atomic E-state index is -0.711. The largest absolute Gasteiger partial charge is 0.481 e. The van der Waals surface area contributed by atoms with Gasteiger partial charge in [-0.3, -0.25) is 9.59 Å². The van der Waals surface area contributed by atoms with Crippen molar-refractivity contribution < 1.29 is 9.53 Å². The molecule has 0 saturated carbocycles. The van der Waals surface area contributed by atoms with Crippen molar-refractivity contribution in [1.29, 1.82) is 0 Å². The smallest absolute Gasteiger partial charge is 0.334 e. The number of ether oxygens (including phenoxy) is 1. The predicted molar refractivity (Wildman–Crippen MR) is 66.0 cm³/mol. The summed E-state index contributed by atoms with van der Waals surface area (Å²) in [5.74, 6) is 0.0427. The molecule has 2 aromatic rings. The van der Waals surface area contributed by atoms with Crippen LogP contribution in [0, 0.1) is 0 Å². The summed E-state index contributed by atoms with van der Waals surface area (Å²) < 4.78 is 7.18. The lowest BCUT2D eigenvalue weighted by atomic mass is 10.2. The van der Waals surface area contributed by atoms with Crippen LogP contribution in [0.1, 0.15) is 17.3 Å². The molecule has 0 spiro atoms. The number of hydrogen-bond donors (Lipinski definition) is 1. The standard InChI is InChI=1S/C11H12N4O4/c1-6(16)7-5-12-11(18)15(10(7)17)8-4-9(19-3)14(2)13-8/h4-5H,1-3H3,(H,12,18). The van der Waals surface area contributed by atoms with E-state index in [2.05, 4.69) is 10.1 Å². The van der Waals surface area contributed by atoms with Gasteiger partial charge in [0.2, 0.25) is 5.88 Å². The highest BCUT2D eigenvalue weighted by Crippen LogP contribution is 2.12. The van der Waals surface area contributed by atoms with Gasteiger partial charge in [-0.1, -0.05) is 0 Å². The number of carbonyl (C=O) groups excluding carboxylic acids is 1. The summed E-state index contributed by atoms with van der Waals surface area (Å²) in [5, 5.41) is 4.00. The summed E-state index contributed by atoms with van der Waals surface area (Å²) in [6.45, 7) is 1.25. The fourth-order valence-electron chi connectivity index (χ4n) is 1.67. The van der Waals surface area contributed by atoms with E-state index in [1.165, 1.54) is 24.8 Å². The number of ketones is 1. The second-order valence-electron chi connectivity index (χ2n) is 3.87. The Morgan fingerprint density at radius 1 is 1.42 bits per heavy atom. The quantitative estimate of drug-likeness (QED) is 0.751. The molecule has 0 amide bonds. The summed E-state index contributed by atoms with van der Waals surface area (Å²) in [5.41, 5.74) is -1.49. The van der Waals surface area contributed by atoms with Gasteiger partial charge in [0.25, 0.3) is 5.56 Å². The monoisotopic (exact) mass is 264 g/mol. The lowest BCUT2D eigenvalue weighted by Gasteiger charge is -2.01. The van der Waals surface area contributed by atoms with E-state index in [-0.39, 0.29) is 11.4 Å². The van der Waals surface area contributed by atoms with Gasteiger partial charge in [0.1, 0.15) is 0 Å². The normalized spacial score (nSPS) is 10.5. The molecule has 2 heterocycles. The average molecular weight is 264 g/mol. The first-order valence-electron chi connectivity index (χ1n) is 5.39. The van der Waals surface area contributed by atoms with Gasteiger partial charge in [0.15, 0.2) is 11.6 Å². The highest BCUT2D eigenvalue weighted by molar-refractivity contribution is 5.93. The zero-order chi connectivity index (χ0) is 14.2. The number of nitrogens with zero attached hydrogens (tertiary/aromatic N) is 3. The number of carbonyl (C=O) groups is 1. The molecule has 19 heavy (non-hydrogen) atoms. The van der Waals surface area contributed by atoms with Crippen LogP contribution in [0.3, 0.4) is 0 Å². The number of methoxy groups -OCH3 is 1. The first-order chi connectivity index (χ1) is 8.95. The van der Waals surface area contributed by atoms with Crippen molar-refractivity contribution in [1.82, 2.24) is 19.3 Å². The first-order valence-corrected chi connectivity index (χ1v) is 5.39. The van der Waals surface area contributed by atoms with Crippen LogP contribution >= 0.6 is 0 Å². The van der Waals surface area contributed by atoms with E-state index < -0.39 is 17.0 Å². The second-order valence-corrected chi connectivity index (χ2v) is 3.87. The van der Waals surface area contributed by atoms with E-state index in [1.807, 2.05) is 0 Å². The van der Waals surface area contributed by atoms with Crippen LogP contribution in [-0.4, -0.2) is 32.2 Å². The number of Topliss-reactive ketones (excluding diaryl/α,β-unsaturated/α-hetero) is 1. The van der Waals surface area contributed by atoms with Crippen LogP contribution in [-0.2, 0) is 7.05 Å². The highest BCUT2D eigenvalue weighted by Gasteiger charge is 2.15. The topological polar surface area (TPSA) is 99.0 Å². The van der Waals surface area contributed by atoms with Crippen molar-refractivity contribution in [3.63, 3.8) is 0 Å². The fourth-order valence-corrected chi connectivity index (χ4v) is 1.67. The van der Waals surface area contributed by atoms with Crippen molar-refractivity contribution in [2.75, 3.05) is 7.11 Å². The second kappa shape index (κ2) is 4.56. The number of hydrogen-bond acceptors (Lipinski definition) is 5. The molecule has 0 radical (unpaired) electrons. The Balaban J connectivity index is 2.74. The van der Waals surface area contributed by atoms with Crippen molar-refractivity contribution in [2.45, 2.75) is 6.92 Å². The minimum absolute atomic E-state index is 0.0914. The molecule has 0 aliphatic heterocycles. The van der Waals surface area contributed by atoms with Crippen LogP contribution in [0.5, 0.6) is 5.88 Å². The van der Waals surface area contributed by atoms with Gasteiger partial charge in [-0.2, -0.15) is 5.10 Å². The molecular weight excluding hydrogens is 252 g/mol. The Hall–Kier alpha value is -2.64. The summed E-state index contributed by atoms with van der Waals surface area (Å²) in [6, 6.07) is 1.43. The molecular formula is C11H12N4O4. The molecule has 2 aromatic heterocycles. The van der Waals surface area contributed by atoms with Gasteiger partial charge in [-0.15, -0.1) is 0 Å². The lowest BCUT2D eigenvalue weighted by molar-refractivity contribution is 0.101. The van der Waals surface area contributed by atoms with E-state index in [4.69, 9.17) is 4.74 Å². The van der Waals surface area contributed by atoms with E-state index in [0.29, 0.717) is 5.88 Å². The zero-order valence-corrected chi connectivity index (χ0v) is 10.6. The molecule has 0 fully saturated rings. The molecule has 8 heteroatoms. The Bertz CT molecular complexity index is 753. The molecule has 0 unspecified atom stereocenters. The molecule has 0 aromatic carbocycles. The molecule has 0 bridgehead atoms. The number of aromatic amines is 1. The van der Waals surface area contributed by atoms with Gasteiger partial charge in [-0.05, 0) is 6.92 Å². The first kappa shape index (κ1) is 12.8. The van der Waals surface area contributed by atoms with Crippen LogP contribution in [0.25, 0.3) is 5.82 Å². The number of rotatable bonds is 3. The third-order valence-electron chi connectivity index (χ3n) is 2.62. The molecule has 8 nitrogen and oxygen atoms in total. The maximum absolute atomic E-state index is 12.1. The maximum Gasteiger partial charge on any atom is 0.334 e. The van der Waals surface area contributed by atoms with Crippen LogP contribution in [0.15, 0.2) is 21.9 Å². The van der Waals surface area contributed by atoms with Crippen LogP contribution in [0.4, 0.5) is 0 Å². The van der Waals surface area contributed by atoms with E-state index >= 15 is 0 Å². The number of H-pyrrole nitrogens is 1. The summed E-state index contributed by atoms with van der Waals surface area (Å²) in [7, 11) is 3.05. The number of aromatic nitrogens is 4. The molecule has 0 atom stereocenters. The van der Waals surface area contributed by atoms with Gasteiger partial charge in [0.05, 0.1) is 12.7 Å². The maximum atomic E-state index is 12.1. The van der Waals surface area contributed by atoms with Crippen molar-refractivity contribution in [3.05, 3.63) is 38.7 Å². The third kappa shape index (κ3) is 2.07. The highest BCUT2D eigenvalue weighted by atomic mass is 16.5. The summed E-state index contributed by atoms with van der Waals surface area (Å²) in [4.78, 5) is 37.4.